The molecule has 1 aliphatic heterocycles. The lowest BCUT2D eigenvalue weighted by Gasteiger charge is -2.31. The molecule has 2 rings (SSSR count). The van der Waals surface area contributed by atoms with Gasteiger partial charge in [0.2, 0.25) is 0 Å². The van der Waals surface area contributed by atoms with Crippen molar-refractivity contribution in [1.29, 1.82) is 5.26 Å². The highest BCUT2D eigenvalue weighted by Gasteiger charge is 2.32. The van der Waals surface area contributed by atoms with E-state index in [4.69, 9.17) is 4.74 Å². The van der Waals surface area contributed by atoms with Gasteiger partial charge in [-0.15, -0.1) is 0 Å². The second kappa shape index (κ2) is 5.73. The summed E-state index contributed by atoms with van der Waals surface area (Å²) in [6.45, 7) is 1.79. The van der Waals surface area contributed by atoms with E-state index < -0.39 is 0 Å². The number of hydrogen-bond donors (Lipinski definition) is 1. The Morgan fingerprint density at radius 3 is 3.00 bits per heavy atom. The van der Waals surface area contributed by atoms with Crippen LogP contribution < -0.4 is 10.1 Å². The van der Waals surface area contributed by atoms with Gasteiger partial charge in [-0.25, -0.2) is 0 Å². The second-order valence-electron chi connectivity index (χ2n) is 4.81. The largest absolute Gasteiger partial charge is 0.497 e. The molecular weight excluding hydrogens is 292 g/mol. The summed E-state index contributed by atoms with van der Waals surface area (Å²) < 4.78 is 6.29. The molecule has 0 aliphatic carbocycles. The number of nitrogens with one attached hydrogen (secondary N) is 1. The van der Waals surface area contributed by atoms with Crippen LogP contribution in [-0.4, -0.2) is 20.2 Å². The minimum Gasteiger partial charge on any atom is -0.497 e. The lowest BCUT2D eigenvalue weighted by Crippen LogP contribution is -2.40. The van der Waals surface area contributed by atoms with Crippen molar-refractivity contribution in [3.8, 4) is 11.8 Å². The van der Waals surface area contributed by atoms with Gasteiger partial charge in [-0.2, -0.15) is 5.26 Å². The number of hydrogen-bond acceptors (Lipinski definition) is 3. The van der Waals surface area contributed by atoms with Crippen LogP contribution in [0.4, 0.5) is 0 Å². The molecule has 1 unspecified atom stereocenters. The lowest BCUT2D eigenvalue weighted by atomic mass is 9.77. The first kappa shape index (κ1) is 13.4. The van der Waals surface area contributed by atoms with Gasteiger partial charge >= 0.3 is 0 Å². The van der Waals surface area contributed by atoms with Gasteiger partial charge in [0, 0.05) is 11.0 Å². The molecule has 3 nitrogen and oxygen atoms in total. The van der Waals surface area contributed by atoms with Crippen LogP contribution in [0.15, 0.2) is 22.7 Å². The topological polar surface area (TPSA) is 45.0 Å². The first-order valence-electron chi connectivity index (χ1n) is 6.13. The van der Waals surface area contributed by atoms with E-state index in [0.717, 1.165) is 48.1 Å². The van der Waals surface area contributed by atoms with E-state index in [2.05, 4.69) is 27.3 Å². The summed E-state index contributed by atoms with van der Waals surface area (Å²) in [5.74, 6) is 0.838. The average molecular weight is 309 g/mol. The molecule has 1 N–H and O–H groups in total. The van der Waals surface area contributed by atoms with Crippen molar-refractivity contribution in [2.24, 2.45) is 5.41 Å². The molecule has 0 radical (unpaired) electrons. The minimum atomic E-state index is -0.285. The van der Waals surface area contributed by atoms with Gasteiger partial charge < -0.3 is 10.1 Å². The van der Waals surface area contributed by atoms with Crippen LogP contribution in [0.5, 0.6) is 5.75 Å². The summed E-state index contributed by atoms with van der Waals surface area (Å²) in [6, 6.07) is 8.42. The zero-order valence-corrected chi connectivity index (χ0v) is 12.1. The van der Waals surface area contributed by atoms with Crippen LogP contribution in [0.1, 0.15) is 18.4 Å². The van der Waals surface area contributed by atoms with Gasteiger partial charge in [0.15, 0.2) is 0 Å². The van der Waals surface area contributed by atoms with Crippen LogP contribution in [0, 0.1) is 16.7 Å². The molecule has 0 bridgehead atoms. The highest BCUT2D eigenvalue weighted by atomic mass is 79.9. The van der Waals surface area contributed by atoms with E-state index in [1.54, 1.807) is 7.11 Å². The third-order valence-corrected chi connectivity index (χ3v) is 4.26. The Hall–Kier alpha value is -1.05. The predicted molar refractivity (Wildman–Crippen MR) is 74.5 cm³/mol. The fourth-order valence-corrected chi connectivity index (χ4v) is 2.82. The number of halogens is 1. The van der Waals surface area contributed by atoms with Crippen molar-refractivity contribution in [1.82, 2.24) is 5.32 Å². The first-order valence-corrected chi connectivity index (χ1v) is 6.93. The molecule has 0 aromatic heterocycles. The smallest absolute Gasteiger partial charge is 0.119 e. The van der Waals surface area contributed by atoms with E-state index in [-0.39, 0.29) is 5.41 Å². The number of piperidine rings is 1. The quantitative estimate of drug-likeness (QED) is 0.934. The van der Waals surface area contributed by atoms with Crippen molar-refractivity contribution in [3.63, 3.8) is 0 Å². The van der Waals surface area contributed by atoms with Crippen molar-refractivity contribution in [3.05, 3.63) is 28.2 Å². The molecule has 0 saturated carbocycles. The van der Waals surface area contributed by atoms with Gasteiger partial charge in [0.25, 0.3) is 0 Å². The summed E-state index contributed by atoms with van der Waals surface area (Å²) in [5, 5.41) is 12.8. The number of nitriles is 1. The van der Waals surface area contributed by atoms with E-state index in [0.29, 0.717) is 0 Å². The van der Waals surface area contributed by atoms with Crippen LogP contribution in [0.25, 0.3) is 0 Å². The molecule has 4 heteroatoms. The standard InChI is InChI=1S/C14H17BrN2O/c1-18-12-3-4-13(15)11(7-12)8-14(9-16)5-2-6-17-10-14/h3-4,7,17H,2,5-6,8,10H2,1H3. The van der Waals surface area contributed by atoms with Gasteiger partial charge in [-0.1, -0.05) is 15.9 Å². The number of rotatable bonds is 3. The number of methoxy groups -OCH3 is 1. The van der Waals surface area contributed by atoms with Crippen LogP contribution in [-0.2, 0) is 6.42 Å². The minimum absolute atomic E-state index is 0.285. The second-order valence-corrected chi connectivity index (χ2v) is 5.66. The van der Waals surface area contributed by atoms with Crippen molar-refractivity contribution < 1.29 is 4.74 Å². The Morgan fingerprint density at radius 2 is 2.39 bits per heavy atom. The van der Waals surface area contributed by atoms with Gasteiger partial charge in [-0.3, -0.25) is 0 Å². The molecule has 18 heavy (non-hydrogen) atoms. The van der Waals surface area contributed by atoms with Crippen LogP contribution >= 0.6 is 15.9 Å². The highest BCUT2D eigenvalue weighted by molar-refractivity contribution is 9.10. The summed E-state index contributed by atoms with van der Waals surface area (Å²) in [6.07, 6.45) is 2.78. The summed E-state index contributed by atoms with van der Waals surface area (Å²) in [7, 11) is 1.66. The molecule has 1 fully saturated rings. The Balaban J connectivity index is 2.24. The average Bonchev–Trinajstić information content (AvgIpc) is 2.42. The molecule has 1 aromatic carbocycles. The fraction of sp³-hybridized carbons (Fsp3) is 0.500. The fourth-order valence-electron chi connectivity index (χ4n) is 2.43. The molecular formula is C14H17BrN2O. The van der Waals surface area contributed by atoms with E-state index >= 15 is 0 Å². The number of benzene rings is 1. The van der Waals surface area contributed by atoms with Crippen molar-refractivity contribution >= 4 is 15.9 Å². The van der Waals surface area contributed by atoms with E-state index in [1.165, 1.54) is 0 Å². The zero-order valence-electron chi connectivity index (χ0n) is 10.5. The molecule has 96 valence electrons. The van der Waals surface area contributed by atoms with Crippen molar-refractivity contribution in [2.75, 3.05) is 20.2 Å². The van der Waals surface area contributed by atoms with E-state index in [1.807, 2.05) is 18.2 Å². The van der Waals surface area contributed by atoms with Crippen molar-refractivity contribution in [2.45, 2.75) is 19.3 Å². The summed E-state index contributed by atoms with van der Waals surface area (Å²) in [5.41, 5.74) is 0.854. The normalized spacial score (nSPS) is 23.4. The third-order valence-electron chi connectivity index (χ3n) is 3.49. The Labute approximate surface area is 116 Å². The Bertz CT molecular complexity index is 461. The molecule has 0 spiro atoms. The molecule has 1 heterocycles. The first-order chi connectivity index (χ1) is 8.69. The summed E-state index contributed by atoms with van der Waals surface area (Å²) in [4.78, 5) is 0. The van der Waals surface area contributed by atoms with Gasteiger partial charge in [0.1, 0.15) is 5.75 Å². The highest BCUT2D eigenvalue weighted by Crippen LogP contribution is 2.33. The lowest BCUT2D eigenvalue weighted by molar-refractivity contribution is 0.285. The van der Waals surface area contributed by atoms with E-state index in [9.17, 15) is 5.26 Å². The van der Waals surface area contributed by atoms with Crippen LogP contribution in [0.2, 0.25) is 0 Å². The molecule has 1 aliphatic rings. The predicted octanol–water partition coefficient (Wildman–Crippen LogP) is 2.89. The van der Waals surface area contributed by atoms with Crippen LogP contribution in [0.3, 0.4) is 0 Å². The molecule has 1 saturated heterocycles. The maximum Gasteiger partial charge on any atom is 0.119 e. The number of ether oxygens (including phenoxy) is 1. The zero-order chi connectivity index (χ0) is 13.0. The van der Waals surface area contributed by atoms with Gasteiger partial charge in [0.05, 0.1) is 18.6 Å². The third kappa shape index (κ3) is 2.85. The molecule has 1 aromatic rings. The number of nitrogens with zero attached hydrogens (tertiary/aromatic N) is 1. The Kier molecular flexibility index (Phi) is 4.26. The Morgan fingerprint density at radius 1 is 1.56 bits per heavy atom. The molecule has 1 atom stereocenters. The van der Waals surface area contributed by atoms with Gasteiger partial charge in [-0.05, 0) is 49.6 Å². The maximum absolute atomic E-state index is 9.48. The summed E-state index contributed by atoms with van der Waals surface area (Å²) >= 11 is 3.55. The monoisotopic (exact) mass is 308 g/mol. The molecule has 0 amide bonds. The maximum atomic E-state index is 9.48. The SMILES string of the molecule is COc1ccc(Br)c(CC2(C#N)CCCNC2)c1.